The van der Waals surface area contributed by atoms with Crippen LogP contribution in [0.3, 0.4) is 0 Å². The van der Waals surface area contributed by atoms with Crippen LogP contribution in [0.1, 0.15) is 66.2 Å². The summed E-state index contributed by atoms with van der Waals surface area (Å²) in [4.78, 5) is 8.36. The van der Waals surface area contributed by atoms with Crippen molar-refractivity contribution in [3.8, 4) is 0 Å². The van der Waals surface area contributed by atoms with Crippen LogP contribution in [0, 0.1) is 0 Å². The molecule has 55 heavy (non-hydrogen) atoms. The van der Waals surface area contributed by atoms with E-state index in [2.05, 4.69) is 9.98 Å². The Morgan fingerprint density at radius 3 is 0.927 bits per heavy atom. The minimum atomic E-state index is -0.744. The van der Waals surface area contributed by atoms with Gasteiger partial charge in [-0.2, -0.15) is 0 Å². The van der Waals surface area contributed by atoms with E-state index in [0.29, 0.717) is 37.4 Å². The Labute approximate surface area is 350 Å². The standard InChI is InChI=1S/C16H24N2O4.2C12H27O3P.Tc/c1-15(2)13(19)11(9-21-15)7-17-5-6-18-8-12-10-22-16(3,4)14(12)20;2*1-13-7-4-10-16(11-5-8-14-2)12-6-9-15-3;/h7-8,19-20H,5-6,9-10H2,1-4H3;2*4-12H2,1-3H3;/i;;;1+1. The maximum atomic E-state index is 11.9. The van der Waals surface area contributed by atoms with Crippen molar-refractivity contribution in [2.75, 3.05) is 146 Å². The third-order valence-electron chi connectivity index (χ3n) is 8.98. The predicted molar refractivity (Wildman–Crippen MR) is 226 cm³/mol. The SMILES string of the molecule is CC1(C)OCC(C=NCCN=CC2=C([O-])C(C)(C)OC2)=C1[O-].COCCC[PH+](CCCOC)CCCOC.COCCC[PH+](CCCOC)CCCOC.[99Tc]. The van der Waals surface area contributed by atoms with Crippen LogP contribution in [0.2, 0.25) is 0 Å². The van der Waals surface area contributed by atoms with E-state index in [9.17, 15) is 10.2 Å². The third kappa shape index (κ3) is 28.6. The fourth-order valence-electron chi connectivity index (χ4n) is 5.76. The van der Waals surface area contributed by atoms with Gasteiger partial charge in [-0.15, -0.1) is 0 Å². The summed E-state index contributed by atoms with van der Waals surface area (Å²) in [5, 5.41) is 23.8. The van der Waals surface area contributed by atoms with Gasteiger partial charge in [0.25, 0.3) is 0 Å². The second-order valence-corrected chi connectivity index (χ2v) is 20.5. The Morgan fingerprint density at radius 1 is 0.509 bits per heavy atom. The molecule has 0 spiro atoms. The first-order valence-electron chi connectivity index (χ1n) is 19.6. The number of nitrogens with zero attached hydrogens (tertiary/aromatic N) is 2. The molecule has 1 radical (unpaired) electrons. The van der Waals surface area contributed by atoms with Crippen LogP contribution >= 0.6 is 15.8 Å². The summed E-state index contributed by atoms with van der Waals surface area (Å²) in [6, 6.07) is 0. The van der Waals surface area contributed by atoms with E-state index in [1.165, 1.54) is 75.5 Å². The summed E-state index contributed by atoms with van der Waals surface area (Å²) in [5.41, 5.74) is -0.314. The molecule has 0 amide bonds. The van der Waals surface area contributed by atoms with Crippen LogP contribution in [0.5, 0.6) is 0 Å². The van der Waals surface area contributed by atoms with Gasteiger partial charge in [0.2, 0.25) is 0 Å². The maximum absolute atomic E-state index is 11.9. The third-order valence-corrected chi connectivity index (χ3v) is 15.3. The number of methoxy groups -OCH3 is 6. The van der Waals surface area contributed by atoms with Crippen molar-refractivity contribution in [1.82, 2.24) is 0 Å². The summed E-state index contributed by atoms with van der Waals surface area (Å²) in [6.45, 7) is 14.0. The fourth-order valence-corrected chi connectivity index (χ4v) is 11.1. The van der Waals surface area contributed by atoms with E-state index in [1.54, 1.807) is 82.8 Å². The molecule has 0 bridgehead atoms. The largest absolute Gasteiger partial charge is 0.873 e. The van der Waals surface area contributed by atoms with Crippen molar-refractivity contribution < 1.29 is 68.2 Å². The molecule has 0 aromatic heterocycles. The van der Waals surface area contributed by atoms with Gasteiger partial charge in [0.05, 0.1) is 74.5 Å². The monoisotopic (exact) mass is 907 g/mol. The molecule has 12 nitrogen and oxygen atoms in total. The number of aliphatic imine (C=N–C) groups is 2. The molecule has 0 unspecified atom stereocenters. The summed E-state index contributed by atoms with van der Waals surface area (Å²) < 4.78 is 41.4. The summed E-state index contributed by atoms with van der Waals surface area (Å²) in [6.07, 6.45) is 18.6. The molecule has 2 aliphatic rings. The van der Waals surface area contributed by atoms with Gasteiger partial charge in [-0.1, -0.05) is 11.5 Å². The van der Waals surface area contributed by atoms with E-state index in [4.69, 9.17) is 37.9 Å². The molecule has 0 aliphatic carbocycles. The first-order chi connectivity index (χ1) is 25.9. The Balaban J connectivity index is 0. The fraction of sp³-hybridized carbons (Fsp3) is 0.850. The molecule has 325 valence electrons. The summed E-state index contributed by atoms with van der Waals surface area (Å²) in [7, 11) is 10.3. The Hall–Kier alpha value is -0.391. The van der Waals surface area contributed by atoms with E-state index < -0.39 is 11.2 Å². The van der Waals surface area contributed by atoms with Crippen molar-refractivity contribution in [1.29, 1.82) is 0 Å². The number of ether oxygens (including phenoxy) is 8. The topological polar surface area (TPSA) is 145 Å². The smallest absolute Gasteiger partial charge is 0.0745 e. The Kier molecular flexibility index (Phi) is 37.8. The van der Waals surface area contributed by atoms with Gasteiger partial charge in [0.1, 0.15) is 0 Å². The average molecular weight is 908 g/mol. The summed E-state index contributed by atoms with van der Waals surface area (Å²) in [5.74, 6) is -0.0440. The Morgan fingerprint density at radius 2 is 0.745 bits per heavy atom. The number of hydrogen-bond acceptors (Lipinski definition) is 12. The molecule has 0 fully saturated rings. The normalized spacial score (nSPS) is 16.3. The minimum absolute atomic E-state index is 0. The number of rotatable bonds is 29. The molecule has 0 saturated heterocycles. The van der Waals surface area contributed by atoms with Crippen molar-refractivity contribution >= 4 is 28.3 Å². The van der Waals surface area contributed by atoms with Gasteiger partial charge in [-0.3, -0.25) is 9.98 Å². The van der Waals surface area contributed by atoms with Crippen LogP contribution in [0.4, 0.5) is 0 Å². The zero-order chi connectivity index (χ0) is 40.5. The van der Waals surface area contributed by atoms with Gasteiger partial charge < -0.3 is 48.1 Å². The van der Waals surface area contributed by atoms with Crippen LogP contribution < -0.4 is 10.2 Å². The first-order valence-corrected chi connectivity index (χ1v) is 23.9. The Bertz CT molecular complexity index is 920. The second kappa shape index (κ2) is 36.7. The van der Waals surface area contributed by atoms with Crippen LogP contribution in [-0.2, 0) is 58.0 Å². The first kappa shape index (κ1) is 56.7. The quantitative estimate of drug-likeness (QED) is 0.0594. The van der Waals surface area contributed by atoms with E-state index in [0.717, 1.165) is 39.6 Å². The molecule has 0 saturated carbocycles. The molecule has 2 heterocycles. The second-order valence-electron chi connectivity index (χ2n) is 14.5. The molecule has 2 rings (SSSR count). The summed E-state index contributed by atoms with van der Waals surface area (Å²) >= 11 is 0. The molecular formula is C40H78N2O10P2Tc. The molecular weight excluding hydrogens is 829 g/mol. The van der Waals surface area contributed by atoms with E-state index in [-0.39, 0.29) is 47.5 Å². The molecule has 15 heteroatoms. The molecule has 0 aromatic rings. The average Bonchev–Trinajstić information content (AvgIpc) is 3.56. The van der Waals surface area contributed by atoms with Crippen LogP contribution in [0.25, 0.3) is 0 Å². The zero-order valence-corrected chi connectivity index (χ0v) is 39.9. The van der Waals surface area contributed by atoms with Crippen molar-refractivity contribution in [2.24, 2.45) is 9.98 Å². The molecule has 0 N–H and O–H groups in total. The molecule has 0 atom stereocenters. The van der Waals surface area contributed by atoms with Gasteiger partial charge in [0.15, 0.2) is 0 Å². The van der Waals surface area contributed by atoms with Crippen molar-refractivity contribution in [3.63, 3.8) is 0 Å². The van der Waals surface area contributed by atoms with E-state index in [1.807, 2.05) is 0 Å². The van der Waals surface area contributed by atoms with Gasteiger partial charge in [-0.05, 0) is 38.8 Å². The molecule has 0 aromatic carbocycles. The van der Waals surface area contributed by atoms with Gasteiger partial charge >= 0.3 is 0 Å². The molecule has 2 aliphatic heterocycles. The number of hydrogen-bond donors (Lipinski definition) is 0. The van der Waals surface area contributed by atoms with E-state index >= 15 is 0 Å². The minimum Gasteiger partial charge on any atom is -0.873 e. The van der Waals surface area contributed by atoms with Gasteiger partial charge in [-0.25, -0.2) is 0 Å². The zero-order valence-electron chi connectivity index (χ0n) is 36.1. The van der Waals surface area contributed by atoms with Crippen LogP contribution in [-0.4, -0.2) is 169 Å². The van der Waals surface area contributed by atoms with Gasteiger partial charge in [0, 0.05) is 169 Å². The van der Waals surface area contributed by atoms with Crippen LogP contribution in [0.15, 0.2) is 32.6 Å². The predicted octanol–water partition coefficient (Wildman–Crippen LogP) is 4.59. The maximum Gasteiger partial charge on any atom is 0.0745 e. The van der Waals surface area contributed by atoms with Crippen molar-refractivity contribution in [2.45, 2.75) is 77.4 Å². The van der Waals surface area contributed by atoms with Crippen molar-refractivity contribution in [3.05, 3.63) is 22.7 Å².